The van der Waals surface area contributed by atoms with Crippen molar-refractivity contribution in [2.45, 2.75) is 0 Å². The number of Topliss-reactive ketones (excluding diaryl/α,β-unsaturated/α-hetero) is 1. The van der Waals surface area contributed by atoms with Crippen molar-refractivity contribution in [3.8, 4) is 0 Å². The third-order valence-corrected chi connectivity index (χ3v) is 4.25. The molecule has 0 fully saturated rings. The van der Waals surface area contributed by atoms with E-state index < -0.39 is 34.2 Å². The lowest BCUT2D eigenvalue weighted by Crippen LogP contribution is -2.19. The molecule has 0 aromatic heterocycles. The van der Waals surface area contributed by atoms with Crippen LogP contribution < -0.4 is 0 Å². The van der Waals surface area contributed by atoms with Crippen LogP contribution in [0.15, 0.2) is 78.5 Å². The van der Waals surface area contributed by atoms with Crippen LogP contribution in [0.25, 0.3) is 0 Å². The van der Waals surface area contributed by atoms with Crippen molar-refractivity contribution >= 4 is 27.6 Å². The quantitative estimate of drug-likeness (QED) is 0.215. The topological polar surface area (TPSA) is 99.1 Å². The van der Waals surface area contributed by atoms with E-state index in [2.05, 4.69) is 20.8 Å². The normalized spacial score (nSPS) is 11.5. The van der Waals surface area contributed by atoms with Gasteiger partial charge in [-0.05, 0) is 0 Å². The summed E-state index contributed by atoms with van der Waals surface area (Å²) < 4.78 is 33.1. The molecule has 0 aliphatic carbocycles. The van der Waals surface area contributed by atoms with Gasteiger partial charge in [0.15, 0.2) is 5.71 Å². The van der Waals surface area contributed by atoms with Crippen molar-refractivity contribution in [3.63, 3.8) is 0 Å². The van der Waals surface area contributed by atoms with Gasteiger partial charge in [-0.1, -0.05) is 72.4 Å². The molecule has 0 atom stereocenters. The number of benzene rings is 2. The fourth-order valence-corrected chi connectivity index (χ4v) is 2.53. The smallest absolute Gasteiger partial charge is 0.331 e. The molecule has 0 unspecified atom stereocenters. The van der Waals surface area contributed by atoms with Crippen LogP contribution >= 0.6 is 0 Å². The van der Waals surface area contributed by atoms with Gasteiger partial charge in [0.05, 0.1) is 0 Å². The summed E-state index contributed by atoms with van der Waals surface area (Å²) >= 11 is 0. The molecule has 27 heavy (non-hydrogen) atoms. The monoisotopic (exact) mass is 387 g/mol. The third kappa shape index (κ3) is 6.19. The molecular formula is C19H17NO6S. The first kappa shape index (κ1) is 20.1. The maximum absolute atomic E-state index is 12.7. The Morgan fingerprint density at radius 2 is 1.52 bits per heavy atom. The fourth-order valence-electron chi connectivity index (χ4n) is 1.98. The molecule has 140 valence electrons. The summed E-state index contributed by atoms with van der Waals surface area (Å²) in [6.45, 7) is 2.78. The molecule has 0 saturated heterocycles. The number of hydrogen-bond acceptors (Lipinski definition) is 7. The zero-order chi connectivity index (χ0) is 19.7. The second kappa shape index (κ2) is 9.44. The first-order chi connectivity index (χ1) is 12.9. The molecule has 2 aromatic carbocycles. The van der Waals surface area contributed by atoms with Crippen LogP contribution in [0.5, 0.6) is 0 Å². The van der Waals surface area contributed by atoms with Crippen molar-refractivity contribution in [2.75, 3.05) is 12.4 Å². The molecule has 0 spiro atoms. The number of carbonyl (C=O) groups is 2. The predicted molar refractivity (Wildman–Crippen MR) is 99.8 cm³/mol. The summed E-state index contributed by atoms with van der Waals surface area (Å²) in [5, 5.41) is 3.58. The lowest BCUT2D eigenvalue weighted by Gasteiger charge is -2.07. The van der Waals surface area contributed by atoms with Crippen LogP contribution in [0.2, 0.25) is 0 Å². The summed E-state index contributed by atoms with van der Waals surface area (Å²) in [4.78, 5) is 23.7. The van der Waals surface area contributed by atoms with Gasteiger partial charge in [-0.15, -0.1) is 0 Å². The highest BCUT2D eigenvalue weighted by Crippen LogP contribution is 2.10. The molecule has 0 aliphatic rings. The molecule has 2 rings (SSSR count). The number of oxime groups is 1. The summed E-state index contributed by atoms with van der Waals surface area (Å²) in [6.07, 6.45) is 0.914. The Hall–Kier alpha value is -3.26. The van der Waals surface area contributed by atoms with Gasteiger partial charge in [0.25, 0.3) is 0 Å². The first-order valence-electron chi connectivity index (χ1n) is 7.86. The SMILES string of the molecule is C=CC(=O)OCCS(=O)(=O)O/N=C(/C(=O)c1ccccc1)c1ccccc1. The van der Waals surface area contributed by atoms with Crippen LogP contribution in [0.4, 0.5) is 0 Å². The summed E-state index contributed by atoms with van der Waals surface area (Å²) in [5.74, 6) is -1.86. The van der Waals surface area contributed by atoms with Crippen molar-refractivity contribution in [1.29, 1.82) is 0 Å². The Bertz CT molecular complexity index is 937. The molecule has 0 radical (unpaired) electrons. The van der Waals surface area contributed by atoms with E-state index in [9.17, 15) is 18.0 Å². The Balaban J connectivity index is 2.22. The van der Waals surface area contributed by atoms with E-state index in [0.717, 1.165) is 6.08 Å². The van der Waals surface area contributed by atoms with Crippen LogP contribution in [0, 0.1) is 0 Å². The average Bonchev–Trinajstić information content (AvgIpc) is 2.69. The minimum atomic E-state index is -4.16. The van der Waals surface area contributed by atoms with Crippen molar-refractivity contribution in [1.82, 2.24) is 0 Å². The van der Waals surface area contributed by atoms with Gasteiger partial charge in [-0.2, -0.15) is 8.42 Å². The van der Waals surface area contributed by atoms with Gasteiger partial charge in [0.1, 0.15) is 12.4 Å². The van der Waals surface area contributed by atoms with E-state index in [0.29, 0.717) is 11.1 Å². The van der Waals surface area contributed by atoms with E-state index in [4.69, 9.17) is 0 Å². The number of rotatable bonds is 9. The number of nitrogens with zero attached hydrogens (tertiary/aromatic N) is 1. The molecule has 8 heteroatoms. The van der Waals surface area contributed by atoms with Crippen molar-refractivity contribution < 1.29 is 27.0 Å². The van der Waals surface area contributed by atoms with Crippen molar-refractivity contribution in [3.05, 3.63) is 84.4 Å². The summed E-state index contributed by atoms with van der Waals surface area (Å²) in [6, 6.07) is 16.6. The highest BCUT2D eigenvalue weighted by Gasteiger charge is 2.20. The molecule has 2 aromatic rings. The Kier molecular flexibility index (Phi) is 7.01. The number of carbonyl (C=O) groups excluding carboxylic acids is 2. The van der Waals surface area contributed by atoms with E-state index in [1.165, 1.54) is 0 Å². The second-order valence-electron chi connectivity index (χ2n) is 5.21. The average molecular weight is 387 g/mol. The summed E-state index contributed by atoms with van der Waals surface area (Å²) in [7, 11) is -4.16. The largest absolute Gasteiger partial charge is 0.461 e. The molecule has 0 heterocycles. The number of hydrogen-bond donors (Lipinski definition) is 0. The number of ether oxygens (including phenoxy) is 1. The lowest BCUT2D eigenvalue weighted by molar-refractivity contribution is -0.137. The fraction of sp³-hybridized carbons (Fsp3) is 0.105. The molecule has 0 bridgehead atoms. The van der Waals surface area contributed by atoms with Gasteiger partial charge in [0.2, 0.25) is 5.78 Å². The van der Waals surface area contributed by atoms with Gasteiger partial charge in [-0.3, -0.25) is 9.08 Å². The highest BCUT2D eigenvalue weighted by molar-refractivity contribution is 7.86. The molecule has 0 saturated carbocycles. The van der Waals surface area contributed by atoms with Gasteiger partial charge in [-0.25, -0.2) is 4.79 Å². The van der Waals surface area contributed by atoms with Crippen LogP contribution in [-0.2, 0) is 23.9 Å². The number of esters is 1. The van der Waals surface area contributed by atoms with Crippen LogP contribution in [0.1, 0.15) is 15.9 Å². The Labute approximate surface area is 157 Å². The lowest BCUT2D eigenvalue weighted by atomic mass is 10.0. The predicted octanol–water partition coefficient (Wildman–Crippen LogP) is 2.35. The molecule has 0 amide bonds. The van der Waals surface area contributed by atoms with Crippen LogP contribution in [-0.4, -0.2) is 38.2 Å². The zero-order valence-electron chi connectivity index (χ0n) is 14.3. The van der Waals surface area contributed by atoms with E-state index in [1.54, 1.807) is 60.7 Å². The molecule has 0 N–H and O–H groups in total. The first-order valence-corrected chi connectivity index (χ1v) is 9.44. The van der Waals surface area contributed by atoms with Crippen LogP contribution in [0.3, 0.4) is 0 Å². The zero-order valence-corrected chi connectivity index (χ0v) is 15.1. The third-order valence-electron chi connectivity index (χ3n) is 3.28. The number of ketones is 1. The highest BCUT2D eigenvalue weighted by atomic mass is 32.2. The van der Waals surface area contributed by atoms with E-state index in [-0.39, 0.29) is 5.71 Å². The Morgan fingerprint density at radius 3 is 2.07 bits per heavy atom. The molecule has 0 aliphatic heterocycles. The van der Waals surface area contributed by atoms with Gasteiger partial charge in [0, 0.05) is 17.2 Å². The maximum atomic E-state index is 12.7. The Morgan fingerprint density at radius 1 is 0.963 bits per heavy atom. The van der Waals surface area contributed by atoms with Gasteiger partial charge >= 0.3 is 16.1 Å². The van der Waals surface area contributed by atoms with Gasteiger partial charge < -0.3 is 4.74 Å². The molecule has 7 nitrogen and oxygen atoms in total. The van der Waals surface area contributed by atoms with E-state index in [1.807, 2.05) is 0 Å². The van der Waals surface area contributed by atoms with E-state index >= 15 is 0 Å². The standard InChI is InChI=1S/C19H17NO6S/c1-2-17(21)25-13-14-27(23,24)26-20-18(15-9-5-3-6-10-15)19(22)16-11-7-4-8-12-16/h2-12H,1,13-14H2/b20-18+. The van der Waals surface area contributed by atoms with Crippen molar-refractivity contribution in [2.24, 2.45) is 5.16 Å². The second-order valence-corrected chi connectivity index (χ2v) is 6.88. The minimum Gasteiger partial charge on any atom is -0.461 e. The maximum Gasteiger partial charge on any atom is 0.331 e. The summed E-state index contributed by atoms with van der Waals surface area (Å²) in [5.41, 5.74) is 0.578. The molecular weight excluding hydrogens is 370 g/mol. The minimum absolute atomic E-state index is 0.159.